The van der Waals surface area contributed by atoms with Gasteiger partial charge in [0.1, 0.15) is 0 Å². The summed E-state index contributed by atoms with van der Waals surface area (Å²) in [5.74, 6) is 0.889. The van der Waals surface area contributed by atoms with Crippen LogP contribution < -0.4 is 5.73 Å². The van der Waals surface area contributed by atoms with Gasteiger partial charge in [-0.25, -0.2) is 0 Å². The lowest BCUT2D eigenvalue weighted by Crippen LogP contribution is -2.45. The third kappa shape index (κ3) is 2.12. The van der Waals surface area contributed by atoms with Crippen molar-refractivity contribution in [2.75, 3.05) is 19.6 Å². The molecule has 0 aromatic heterocycles. The third-order valence-corrected chi connectivity index (χ3v) is 4.18. The Morgan fingerprint density at radius 1 is 1.29 bits per heavy atom. The van der Waals surface area contributed by atoms with E-state index >= 15 is 0 Å². The summed E-state index contributed by atoms with van der Waals surface area (Å²) in [5, 5.41) is 0. The van der Waals surface area contributed by atoms with Crippen LogP contribution >= 0.6 is 0 Å². The summed E-state index contributed by atoms with van der Waals surface area (Å²) in [6.07, 6.45) is 5.51. The van der Waals surface area contributed by atoms with E-state index in [1.807, 2.05) is 0 Å². The summed E-state index contributed by atoms with van der Waals surface area (Å²) in [6.45, 7) is 8.20. The first-order chi connectivity index (χ1) is 6.65. The number of rotatable bonds is 3. The summed E-state index contributed by atoms with van der Waals surface area (Å²) >= 11 is 0. The molecule has 0 amide bonds. The van der Waals surface area contributed by atoms with E-state index in [9.17, 15) is 0 Å². The van der Waals surface area contributed by atoms with Crippen LogP contribution in [-0.4, -0.2) is 30.6 Å². The number of nitrogens with zero attached hydrogens (tertiary/aromatic N) is 1. The molecule has 0 aromatic carbocycles. The zero-order valence-corrected chi connectivity index (χ0v) is 9.63. The van der Waals surface area contributed by atoms with Crippen molar-refractivity contribution in [1.29, 1.82) is 0 Å². The summed E-state index contributed by atoms with van der Waals surface area (Å²) < 4.78 is 0. The van der Waals surface area contributed by atoms with Crippen molar-refractivity contribution >= 4 is 0 Å². The fourth-order valence-corrected chi connectivity index (χ4v) is 2.63. The molecule has 1 saturated carbocycles. The molecule has 82 valence electrons. The molecule has 2 aliphatic rings. The van der Waals surface area contributed by atoms with Crippen LogP contribution in [0.4, 0.5) is 0 Å². The third-order valence-electron chi connectivity index (χ3n) is 4.18. The Balaban J connectivity index is 1.89. The standard InChI is InChI=1S/C12H24N2/c1-10-3-4-11(2)14(7-10)9-12(8-13)5-6-12/h10-11H,3-9,13H2,1-2H3. The van der Waals surface area contributed by atoms with Gasteiger partial charge in [-0.1, -0.05) is 6.92 Å². The molecule has 2 heteroatoms. The van der Waals surface area contributed by atoms with Crippen molar-refractivity contribution in [3.05, 3.63) is 0 Å². The lowest BCUT2D eigenvalue weighted by atomic mass is 9.93. The minimum absolute atomic E-state index is 0.519. The number of likely N-dealkylation sites (tertiary alicyclic amines) is 1. The molecule has 2 atom stereocenters. The van der Waals surface area contributed by atoms with Crippen LogP contribution in [0.25, 0.3) is 0 Å². The van der Waals surface area contributed by atoms with Crippen LogP contribution in [0.5, 0.6) is 0 Å². The molecule has 2 unspecified atom stereocenters. The van der Waals surface area contributed by atoms with Gasteiger partial charge in [-0.3, -0.25) is 4.90 Å². The van der Waals surface area contributed by atoms with Gasteiger partial charge in [-0.05, 0) is 50.5 Å². The predicted octanol–water partition coefficient (Wildman–Crippen LogP) is 1.85. The zero-order chi connectivity index (χ0) is 10.2. The number of piperidine rings is 1. The lowest BCUT2D eigenvalue weighted by molar-refractivity contribution is 0.101. The van der Waals surface area contributed by atoms with Crippen molar-refractivity contribution in [3.63, 3.8) is 0 Å². The smallest absolute Gasteiger partial charge is 0.00673 e. The van der Waals surface area contributed by atoms with E-state index < -0.39 is 0 Å². The van der Waals surface area contributed by atoms with Gasteiger partial charge >= 0.3 is 0 Å². The van der Waals surface area contributed by atoms with Crippen LogP contribution in [0.2, 0.25) is 0 Å². The first-order valence-electron chi connectivity index (χ1n) is 6.09. The molecule has 14 heavy (non-hydrogen) atoms. The number of nitrogens with two attached hydrogens (primary N) is 1. The average Bonchev–Trinajstić information content (AvgIpc) is 2.92. The molecule has 2 fully saturated rings. The zero-order valence-electron chi connectivity index (χ0n) is 9.63. The lowest BCUT2D eigenvalue weighted by Gasteiger charge is -2.38. The van der Waals surface area contributed by atoms with Gasteiger partial charge in [0, 0.05) is 19.1 Å². The highest BCUT2D eigenvalue weighted by Crippen LogP contribution is 2.46. The quantitative estimate of drug-likeness (QED) is 0.746. The highest BCUT2D eigenvalue weighted by molar-refractivity contribution is 4.97. The monoisotopic (exact) mass is 196 g/mol. The highest BCUT2D eigenvalue weighted by Gasteiger charge is 2.43. The first-order valence-corrected chi connectivity index (χ1v) is 6.09. The molecule has 1 aliphatic heterocycles. The predicted molar refractivity (Wildman–Crippen MR) is 60.2 cm³/mol. The highest BCUT2D eigenvalue weighted by atomic mass is 15.2. The van der Waals surface area contributed by atoms with E-state index in [1.165, 1.54) is 38.8 Å². The topological polar surface area (TPSA) is 29.3 Å². The maximum Gasteiger partial charge on any atom is 0.00673 e. The summed E-state index contributed by atoms with van der Waals surface area (Å²) in [5.41, 5.74) is 6.36. The Hall–Kier alpha value is -0.0800. The second-order valence-corrected chi connectivity index (χ2v) is 5.67. The molecule has 0 aromatic rings. The molecule has 2 rings (SSSR count). The first kappa shape index (κ1) is 10.4. The molecule has 0 bridgehead atoms. The van der Waals surface area contributed by atoms with E-state index in [4.69, 9.17) is 5.73 Å². The molecule has 2 N–H and O–H groups in total. The Bertz CT molecular complexity index is 198. The molecule has 1 aliphatic carbocycles. The van der Waals surface area contributed by atoms with Crippen LogP contribution in [0.1, 0.15) is 39.5 Å². The van der Waals surface area contributed by atoms with Gasteiger partial charge in [0.2, 0.25) is 0 Å². The summed E-state index contributed by atoms with van der Waals surface area (Å²) in [7, 11) is 0. The van der Waals surface area contributed by atoms with Gasteiger partial charge in [0.15, 0.2) is 0 Å². The second-order valence-electron chi connectivity index (χ2n) is 5.67. The molecule has 1 saturated heterocycles. The Kier molecular flexibility index (Phi) is 2.85. The normalized spacial score (nSPS) is 37.1. The molecule has 0 spiro atoms. The van der Waals surface area contributed by atoms with Gasteiger partial charge in [0.25, 0.3) is 0 Å². The van der Waals surface area contributed by atoms with Crippen LogP contribution in [0.15, 0.2) is 0 Å². The van der Waals surface area contributed by atoms with Crippen molar-refractivity contribution < 1.29 is 0 Å². The van der Waals surface area contributed by atoms with E-state index in [0.29, 0.717) is 5.41 Å². The Labute approximate surface area is 87.8 Å². The maximum atomic E-state index is 5.84. The van der Waals surface area contributed by atoms with Crippen LogP contribution in [0.3, 0.4) is 0 Å². The second kappa shape index (κ2) is 3.82. The van der Waals surface area contributed by atoms with Gasteiger partial charge in [0.05, 0.1) is 0 Å². The van der Waals surface area contributed by atoms with E-state index in [2.05, 4.69) is 18.7 Å². The van der Waals surface area contributed by atoms with Crippen LogP contribution in [-0.2, 0) is 0 Å². The molecule has 2 nitrogen and oxygen atoms in total. The summed E-state index contributed by atoms with van der Waals surface area (Å²) in [6, 6.07) is 0.787. The Morgan fingerprint density at radius 2 is 2.00 bits per heavy atom. The minimum atomic E-state index is 0.519. The molecule has 0 radical (unpaired) electrons. The van der Waals surface area contributed by atoms with Crippen LogP contribution in [0, 0.1) is 11.3 Å². The fraction of sp³-hybridized carbons (Fsp3) is 1.00. The van der Waals surface area contributed by atoms with E-state index in [0.717, 1.165) is 18.5 Å². The van der Waals surface area contributed by atoms with Crippen molar-refractivity contribution in [2.45, 2.75) is 45.6 Å². The van der Waals surface area contributed by atoms with Gasteiger partial charge < -0.3 is 5.73 Å². The van der Waals surface area contributed by atoms with E-state index in [1.54, 1.807) is 0 Å². The summed E-state index contributed by atoms with van der Waals surface area (Å²) in [4.78, 5) is 2.67. The molecular formula is C12H24N2. The molecule has 1 heterocycles. The van der Waals surface area contributed by atoms with Crippen molar-refractivity contribution in [2.24, 2.45) is 17.1 Å². The minimum Gasteiger partial charge on any atom is -0.330 e. The largest absolute Gasteiger partial charge is 0.330 e. The SMILES string of the molecule is CC1CCC(C)N(CC2(CN)CC2)C1. The van der Waals surface area contributed by atoms with Crippen molar-refractivity contribution in [1.82, 2.24) is 4.90 Å². The van der Waals surface area contributed by atoms with Crippen molar-refractivity contribution in [3.8, 4) is 0 Å². The average molecular weight is 196 g/mol. The maximum absolute atomic E-state index is 5.84. The Morgan fingerprint density at radius 3 is 2.57 bits per heavy atom. The molecular weight excluding hydrogens is 172 g/mol. The number of hydrogen-bond acceptors (Lipinski definition) is 2. The number of hydrogen-bond donors (Lipinski definition) is 1. The van der Waals surface area contributed by atoms with E-state index in [-0.39, 0.29) is 0 Å². The van der Waals surface area contributed by atoms with Gasteiger partial charge in [-0.2, -0.15) is 0 Å². The van der Waals surface area contributed by atoms with Gasteiger partial charge in [-0.15, -0.1) is 0 Å². The fourth-order valence-electron chi connectivity index (χ4n) is 2.63.